The lowest BCUT2D eigenvalue weighted by molar-refractivity contribution is 0.398. The van der Waals surface area contributed by atoms with Gasteiger partial charge in [0, 0.05) is 30.3 Å². The minimum absolute atomic E-state index is 0.508. The monoisotopic (exact) mass is 318 g/mol. The molecule has 7 nitrogen and oxygen atoms in total. The number of fused-ring (bicyclic) bond motifs is 1. The first-order chi connectivity index (χ1) is 11.8. The Balaban J connectivity index is 1.82. The lowest BCUT2D eigenvalue weighted by atomic mass is 10.3. The normalized spacial score (nSPS) is 10.7. The van der Waals surface area contributed by atoms with Crippen LogP contribution in [0.25, 0.3) is 17.0 Å². The minimum Gasteiger partial charge on any atom is -0.481 e. The van der Waals surface area contributed by atoms with Crippen molar-refractivity contribution in [3.8, 4) is 17.4 Å². The third kappa shape index (κ3) is 2.63. The Hall–Kier alpha value is -3.48. The topological polar surface area (TPSA) is 77.2 Å². The molecule has 0 amide bonds. The minimum atomic E-state index is 0.508. The lowest BCUT2D eigenvalue weighted by Gasteiger charge is -2.09. The van der Waals surface area contributed by atoms with Gasteiger partial charge >= 0.3 is 0 Å². The van der Waals surface area contributed by atoms with Crippen LogP contribution in [-0.2, 0) is 0 Å². The smallest absolute Gasteiger partial charge is 0.213 e. The highest BCUT2D eigenvalue weighted by atomic mass is 16.5. The van der Waals surface area contributed by atoms with Gasteiger partial charge in [0.05, 0.1) is 7.11 Å². The Morgan fingerprint density at radius 1 is 1.00 bits per heavy atom. The van der Waals surface area contributed by atoms with E-state index in [2.05, 4.69) is 25.4 Å². The molecular formula is C17H14N6O. The molecule has 4 aromatic rings. The number of aromatic nitrogens is 5. The predicted octanol–water partition coefficient (Wildman–Crippen LogP) is 2.94. The molecule has 0 unspecified atom stereocenters. The van der Waals surface area contributed by atoms with E-state index < -0.39 is 0 Å². The zero-order valence-electron chi connectivity index (χ0n) is 12.9. The highest BCUT2D eigenvalue weighted by Gasteiger charge is 2.11. The number of nitrogens with one attached hydrogen (secondary N) is 1. The standard InChI is InChI=1S/C17H14N6O/c1-24-15-6-2-4-13(20-15)16-21-17(14-5-3-11-23(14)22-16)19-12-7-9-18-10-8-12/h2-11H,1H3,(H,18,19,21,22). The molecule has 0 aliphatic heterocycles. The van der Waals surface area contributed by atoms with Gasteiger partial charge in [-0.1, -0.05) is 6.07 Å². The van der Waals surface area contributed by atoms with Crippen molar-refractivity contribution < 1.29 is 4.74 Å². The van der Waals surface area contributed by atoms with E-state index >= 15 is 0 Å². The van der Waals surface area contributed by atoms with E-state index in [4.69, 9.17) is 4.74 Å². The van der Waals surface area contributed by atoms with Crippen molar-refractivity contribution in [1.29, 1.82) is 0 Å². The molecule has 4 heterocycles. The van der Waals surface area contributed by atoms with E-state index in [1.54, 1.807) is 30.1 Å². The second kappa shape index (κ2) is 5.96. The number of hydrogen-bond donors (Lipinski definition) is 1. The van der Waals surface area contributed by atoms with E-state index in [0.29, 0.717) is 23.2 Å². The van der Waals surface area contributed by atoms with Crippen LogP contribution in [0, 0.1) is 0 Å². The van der Waals surface area contributed by atoms with Crippen LogP contribution >= 0.6 is 0 Å². The van der Waals surface area contributed by atoms with Crippen LogP contribution in [0.15, 0.2) is 61.1 Å². The molecule has 0 bridgehead atoms. The molecule has 0 aliphatic rings. The highest BCUT2D eigenvalue weighted by molar-refractivity contribution is 5.74. The van der Waals surface area contributed by atoms with Crippen LogP contribution in [0.2, 0.25) is 0 Å². The first-order valence-electron chi connectivity index (χ1n) is 7.37. The van der Waals surface area contributed by atoms with Gasteiger partial charge in [-0.3, -0.25) is 4.98 Å². The maximum absolute atomic E-state index is 5.18. The number of ether oxygens (including phenoxy) is 1. The Morgan fingerprint density at radius 3 is 2.71 bits per heavy atom. The van der Waals surface area contributed by atoms with Crippen molar-refractivity contribution in [2.24, 2.45) is 0 Å². The molecular weight excluding hydrogens is 304 g/mol. The van der Waals surface area contributed by atoms with E-state index in [1.165, 1.54) is 0 Å². The predicted molar refractivity (Wildman–Crippen MR) is 90.3 cm³/mol. The second-order valence-corrected chi connectivity index (χ2v) is 5.05. The summed E-state index contributed by atoms with van der Waals surface area (Å²) in [7, 11) is 1.58. The van der Waals surface area contributed by atoms with E-state index in [1.807, 2.05) is 42.6 Å². The first-order valence-corrected chi connectivity index (χ1v) is 7.37. The molecule has 0 spiro atoms. The molecule has 4 aromatic heterocycles. The van der Waals surface area contributed by atoms with Crippen LogP contribution in [0.1, 0.15) is 0 Å². The summed E-state index contributed by atoms with van der Waals surface area (Å²) < 4.78 is 6.95. The van der Waals surface area contributed by atoms with Gasteiger partial charge in [0.25, 0.3) is 0 Å². The first kappa shape index (κ1) is 14.1. The van der Waals surface area contributed by atoms with Gasteiger partial charge in [0.15, 0.2) is 5.82 Å². The Morgan fingerprint density at radius 2 is 1.88 bits per heavy atom. The molecule has 0 saturated heterocycles. The Bertz CT molecular complexity index is 983. The van der Waals surface area contributed by atoms with Crippen LogP contribution in [0.3, 0.4) is 0 Å². The van der Waals surface area contributed by atoms with Gasteiger partial charge in [-0.25, -0.2) is 14.5 Å². The number of nitrogens with zero attached hydrogens (tertiary/aromatic N) is 5. The van der Waals surface area contributed by atoms with Crippen LogP contribution in [-0.4, -0.2) is 31.7 Å². The number of hydrogen-bond acceptors (Lipinski definition) is 6. The number of rotatable bonds is 4. The zero-order valence-corrected chi connectivity index (χ0v) is 12.9. The second-order valence-electron chi connectivity index (χ2n) is 5.05. The van der Waals surface area contributed by atoms with Crippen LogP contribution < -0.4 is 10.1 Å². The van der Waals surface area contributed by atoms with Crippen molar-refractivity contribution in [3.05, 3.63) is 61.1 Å². The van der Waals surface area contributed by atoms with Crippen molar-refractivity contribution >= 4 is 17.0 Å². The van der Waals surface area contributed by atoms with E-state index in [-0.39, 0.29) is 0 Å². The third-order valence-electron chi connectivity index (χ3n) is 3.50. The maximum Gasteiger partial charge on any atom is 0.213 e. The summed E-state index contributed by atoms with van der Waals surface area (Å²) in [6.07, 6.45) is 5.32. The van der Waals surface area contributed by atoms with Crippen LogP contribution in [0.5, 0.6) is 5.88 Å². The van der Waals surface area contributed by atoms with Gasteiger partial charge in [-0.05, 0) is 30.3 Å². The zero-order chi connectivity index (χ0) is 16.4. The SMILES string of the molecule is COc1cccc(-c2nc(Nc3ccncc3)c3cccn3n2)n1. The summed E-state index contributed by atoms with van der Waals surface area (Å²) in [5.41, 5.74) is 2.41. The molecule has 0 aromatic carbocycles. The third-order valence-corrected chi connectivity index (χ3v) is 3.50. The molecule has 0 aliphatic carbocycles. The quantitative estimate of drug-likeness (QED) is 0.623. The molecule has 0 saturated carbocycles. The number of methoxy groups -OCH3 is 1. The van der Waals surface area contributed by atoms with E-state index in [0.717, 1.165) is 11.2 Å². The summed E-state index contributed by atoms with van der Waals surface area (Å²) in [6, 6.07) is 13.1. The molecule has 0 atom stereocenters. The number of pyridine rings is 2. The molecule has 1 N–H and O–H groups in total. The summed E-state index contributed by atoms with van der Waals surface area (Å²) in [6.45, 7) is 0. The van der Waals surface area contributed by atoms with Crippen molar-refractivity contribution in [1.82, 2.24) is 24.6 Å². The lowest BCUT2D eigenvalue weighted by Crippen LogP contribution is -2.04. The molecule has 4 rings (SSSR count). The largest absolute Gasteiger partial charge is 0.481 e. The van der Waals surface area contributed by atoms with Gasteiger partial charge in [0.2, 0.25) is 11.7 Å². The van der Waals surface area contributed by atoms with Crippen molar-refractivity contribution in [2.45, 2.75) is 0 Å². The molecule has 0 radical (unpaired) electrons. The Kier molecular flexibility index (Phi) is 3.51. The molecule has 118 valence electrons. The fourth-order valence-electron chi connectivity index (χ4n) is 2.36. The van der Waals surface area contributed by atoms with Crippen molar-refractivity contribution in [3.63, 3.8) is 0 Å². The van der Waals surface area contributed by atoms with Crippen molar-refractivity contribution in [2.75, 3.05) is 12.4 Å². The van der Waals surface area contributed by atoms with Crippen LogP contribution in [0.4, 0.5) is 11.5 Å². The Labute approximate surface area is 138 Å². The summed E-state index contributed by atoms with van der Waals surface area (Å²) in [5, 5.41) is 7.82. The fraction of sp³-hybridized carbons (Fsp3) is 0.0588. The van der Waals surface area contributed by atoms with Gasteiger partial charge in [-0.2, -0.15) is 0 Å². The van der Waals surface area contributed by atoms with E-state index in [9.17, 15) is 0 Å². The average Bonchev–Trinajstić information content (AvgIpc) is 3.11. The highest BCUT2D eigenvalue weighted by Crippen LogP contribution is 2.23. The summed E-state index contributed by atoms with van der Waals surface area (Å²) >= 11 is 0. The fourth-order valence-corrected chi connectivity index (χ4v) is 2.36. The average molecular weight is 318 g/mol. The maximum atomic E-state index is 5.18. The molecule has 0 fully saturated rings. The molecule has 7 heteroatoms. The number of anilines is 2. The van der Waals surface area contributed by atoms with Gasteiger partial charge in [-0.15, -0.1) is 5.10 Å². The van der Waals surface area contributed by atoms with Gasteiger partial charge in [0.1, 0.15) is 11.2 Å². The summed E-state index contributed by atoms with van der Waals surface area (Å²) in [5.74, 6) is 1.72. The summed E-state index contributed by atoms with van der Waals surface area (Å²) in [4.78, 5) is 13.1. The molecule has 24 heavy (non-hydrogen) atoms. The van der Waals surface area contributed by atoms with Gasteiger partial charge < -0.3 is 10.1 Å².